The van der Waals surface area contributed by atoms with E-state index in [1.807, 2.05) is 0 Å². The van der Waals surface area contributed by atoms with Gasteiger partial charge in [-0.25, -0.2) is 4.79 Å². The van der Waals surface area contributed by atoms with Crippen LogP contribution in [0.2, 0.25) is 0 Å². The van der Waals surface area contributed by atoms with Crippen molar-refractivity contribution in [3.8, 4) is 11.4 Å². The average molecular weight is 377 g/mol. The molecule has 2 heterocycles. The van der Waals surface area contributed by atoms with Crippen molar-refractivity contribution in [3.63, 3.8) is 0 Å². The van der Waals surface area contributed by atoms with E-state index in [4.69, 9.17) is 9.26 Å². The van der Waals surface area contributed by atoms with Crippen LogP contribution in [0.4, 0.5) is 8.78 Å². The smallest absolute Gasteiger partial charge is 0.338 e. The number of ether oxygens (including phenoxy) is 1. The first kappa shape index (κ1) is 18.0. The summed E-state index contributed by atoms with van der Waals surface area (Å²) in [5.41, 5.74) is 0.913. The van der Waals surface area contributed by atoms with E-state index in [-0.39, 0.29) is 11.5 Å². The lowest BCUT2D eigenvalue weighted by Gasteiger charge is -2.09. The molecule has 0 saturated carbocycles. The standard InChI is InChI=1S/C17H13F2N3O3S/c1-10(15-21-14(22-25-15)12-3-2-8-20-9-12)24-16(23)11-4-6-13(7-5-11)26-17(18)19/h2-10,17H,1H3. The number of hydrogen-bond acceptors (Lipinski definition) is 7. The Kier molecular flexibility index (Phi) is 5.57. The van der Waals surface area contributed by atoms with Gasteiger partial charge in [0.15, 0.2) is 6.10 Å². The quantitative estimate of drug-likeness (QED) is 0.466. The van der Waals surface area contributed by atoms with Gasteiger partial charge in [0.05, 0.1) is 5.56 Å². The Bertz CT molecular complexity index is 872. The normalized spacial score (nSPS) is 12.2. The Morgan fingerprint density at radius 2 is 2.00 bits per heavy atom. The number of carbonyl (C=O) groups is 1. The zero-order valence-corrected chi connectivity index (χ0v) is 14.3. The maximum Gasteiger partial charge on any atom is 0.338 e. The third kappa shape index (κ3) is 4.42. The molecule has 0 N–H and O–H groups in total. The number of rotatable bonds is 6. The fraction of sp³-hybridized carbons (Fsp3) is 0.176. The molecule has 0 saturated heterocycles. The summed E-state index contributed by atoms with van der Waals surface area (Å²) in [7, 11) is 0. The fourth-order valence-corrected chi connectivity index (χ4v) is 2.56. The van der Waals surface area contributed by atoms with Crippen LogP contribution in [0.1, 0.15) is 29.3 Å². The van der Waals surface area contributed by atoms with E-state index in [1.165, 1.54) is 24.3 Å². The summed E-state index contributed by atoms with van der Waals surface area (Å²) in [6.07, 6.45) is 2.44. The molecule has 3 rings (SSSR count). The number of pyridine rings is 1. The fourth-order valence-electron chi connectivity index (χ4n) is 2.06. The largest absolute Gasteiger partial charge is 0.449 e. The Morgan fingerprint density at radius 1 is 1.23 bits per heavy atom. The number of carbonyl (C=O) groups excluding carboxylic acids is 1. The summed E-state index contributed by atoms with van der Waals surface area (Å²) in [5.74, 6) is -2.65. The molecule has 6 nitrogen and oxygen atoms in total. The molecule has 0 bridgehead atoms. The van der Waals surface area contributed by atoms with E-state index in [0.717, 1.165) is 0 Å². The minimum atomic E-state index is -2.51. The van der Waals surface area contributed by atoms with Crippen LogP contribution in [-0.4, -0.2) is 26.9 Å². The van der Waals surface area contributed by atoms with Gasteiger partial charge in [-0.1, -0.05) is 16.9 Å². The SMILES string of the molecule is CC(OC(=O)c1ccc(SC(F)F)cc1)c1nc(-c2cccnc2)no1. The van der Waals surface area contributed by atoms with E-state index in [9.17, 15) is 13.6 Å². The molecule has 1 atom stereocenters. The number of aromatic nitrogens is 3. The van der Waals surface area contributed by atoms with Crippen LogP contribution in [0.3, 0.4) is 0 Å². The zero-order valence-electron chi connectivity index (χ0n) is 13.5. The zero-order chi connectivity index (χ0) is 18.5. The highest BCUT2D eigenvalue weighted by atomic mass is 32.2. The van der Waals surface area contributed by atoms with Crippen molar-refractivity contribution in [3.05, 3.63) is 60.2 Å². The van der Waals surface area contributed by atoms with Crippen molar-refractivity contribution in [2.45, 2.75) is 23.7 Å². The molecule has 9 heteroatoms. The van der Waals surface area contributed by atoms with Gasteiger partial charge in [0.1, 0.15) is 0 Å². The number of hydrogen-bond donors (Lipinski definition) is 0. The first-order valence-electron chi connectivity index (χ1n) is 7.53. The highest BCUT2D eigenvalue weighted by Crippen LogP contribution is 2.26. The molecule has 0 spiro atoms. The predicted octanol–water partition coefficient (Wildman–Crippen LogP) is 4.36. The predicted molar refractivity (Wildman–Crippen MR) is 89.7 cm³/mol. The molecule has 134 valence electrons. The van der Waals surface area contributed by atoms with Crippen LogP contribution in [0.5, 0.6) is 0 Å². The molecular formula is C17H13F2N3O3S. The number of halogens is 2. The monoisotopic (exact) mass is 377 g/mol. The highest BCUT2D eigenvalue weighted by molar-refractivity contribution is 7.99. The number of thioether (sulfide) groups is 1. The lowest BCUT2D eigenvalue weighted by molar-refractivity contribution is 0.0265. The Labute approximate surface area is 151 Å². The van der Waals surface area contributed by atoms with Crippen LogP contribution in [0.15, 0.2) is 58.2 Å². The van der Waals surface area contributed by atoms with E-state index in [1.54, 1.807) is 31.5 Å². The van der Waals surface area contributed by atoms with E-state index >= 15 is 0 Å². The summed E-state index contributed by atoms with van der Waals surface area (Å²) in [6.45, 7) is 1.60. The molecule has 0 amide bonds. The average Bonchev–Trinajstić information content (AvgIpc) is 3.13. The molecule has 0 radical (unpaired) electrons. The van der Waals surface area contributed by atoms with Crippen molar-refractivity contribution < 1.29 is 22.8 Å². The van der Waals surface area contributed by atoms with Gasteiger partial charge >= 0.3 is 5.97 Å². The van der Waals surface area contributed by atoms with Gasteiger partial charge in [-0.15, -0.1) is 0 Å². The van der Waals surface area contributed by atoms with Crippen molar-refractivity contribution >= 4 is 17.7 Å². The molecule has 0 aliphatic heterocycles. The second kappa shape index (κ2) is 8.05. The molecule has 26 heavy (non-hydrogen) atoms. The van der Waals surface area contributed by atoms with Gasteiger partial charge in [-0.3, -0.25) is 4.98 Å². The van der Waals surface area contributed by atoms with Crippen LogP contribution in [0, 0.1) is 0 Å². The number of alkyl halides is 2. The van der Waals surface area contributed by atoms with Crippen molar-refractivity contribution in [1.82, 2.24) is 15.1 Å². The van der Waals surface area contributed by atoms with Crippen molar-refractivity contribution in [1.29, 1.82) is 0 Å². The first-order valence-corrected chi connectivity index (χ1v) is 8.41. The minimum Gasteiger partial charge on any atom is -0.449 e. The van der Waals surface area contributed by atoms with Crippen molar-refractivity contribution in [2.75, 3.05) is 0 Å². The second-order valence-corrected chi connectivity index (χ2v) is 6.21. The van der Waals surface area contributed by atoms with Crippen LogP contribution in [0.25, 0.3) is 11.4 Å². The van der Waals surface area contributed by atoms with E-state index in [0.29, 0.717) is 28.0 Å². The van der Waals surface area contributed by atoms with Gasteiger partial charge in [-0.05, 0) is 43.3 Å². The molecule has 1 aromatic carbocycles. The summed E-state index contributed by atoms with van der Waals surface area (Å²) < 4.78 is 35.0. The van der Waals surface area contributed by atoms with Crippen LogP contribution in [-0.2, 0) is 4.74 Å². The molecule has 0 aliphatic carbocycles. The Morgan fingerprint density at radius 3 is 2.65 bits per heavy atom. The van der Waals surface area contributed by atoms with Gasteiger partial charge in [0.25, 0.3) is 11.6 Å². The molecule has 1 unspecified atom stereocenters. The molecule has 0 aliphatic rings. The van der Waals surface area contributed by atoms with Crippen LogP contribution >= 0.6 is 11.8 Å². The summed E-state index contributed by atoms with van der Waals surface area (Å²) in [6, 6.07) is 9.24. The molecule has 0 fully saturated rings. The summed E-state index contributed by atoms with van der Waals surface area (Å²) >= 11 is 0.406. The van der Waals surface area contributed by atoms with Gasteiger partial charge in [0, 0.05) is 22.9 Å². The number of nitrogens with zero attached hydrogens (tertiary/aromatic N) is 3. The van der Waals surface area contributed by atoms with Gasteiger partial charge in [-0.2, -0.15) is 13.8 Å². The lowest BCUT2D eigenvalue weighted by Crippen LogP contribution is -2.09. The highest BCUT2D eigenvalue weighted by Gasteiger charge is 2.20. The second-order valence-electron chi connectivity index (χ2n) is 5.15. The third-order valence-electron chi connectivity index (χ3n) is 3.31. The van der Waals surface area contributed by atoms with Gasteiger partial charge in [0.2, 0.25) is 5.82 Å². The van der Waals surface area contributed by atoms with Crippen LogP contribution < -0.4 is 0 Å². The number of benzene rings is 1. The van der Waals surface area contributed by atoms with Gasteiger partial charge < -0.3 is 9.26 Å². The number of esters is 1. The maximum atomic E-state index is 12.3. The maximum absolute atomic E-state index is 12.3. The minimum absolute atomic E-state index is 0.141. The molecule has 3 aromatic rings. The Balaban J connectivity index is 1.65. The van der Waals surface area contributed by atoms with E-state index < -0.39 is 17.8 Å². The topological polar surface area (TPSA) is 78.1 Å². The molecule has 2 aromatic heterocycles. The van der Waals surface area contributed by atoms with E-state index in [2.05, 4.69) is 15.1 Å². The summed E-state index contributed by atoms with van der Waals surface area (Å²) in [5, 5.41) is 3.84. The first-order chi connectivity index (χ1) is 12.5. The summed E-state index contributed by atoms with van der Waals surface area (Å²) in [4.78, 5) is 20.7. The molecular weight excluding hydrogens is 364 g/mol. The third-order valence-corrected chi connectivity index (χ3v) is 4.03. The van der Waals surface area contributed by atoms with Crippen molar-refractivity contribution in [2.24, 2.45) is 0 Å². The Hall–Kier alpha value is -2.81. The lowest BCUT2D eigenvalue weighted by atomic mass is 10.2.